The van der Waals surface area contributed by atoms with Crippen LogP contribution in [0.15, 0.2) is 29.2 Å². The monoisotopic (exact) mass is 323 g/mol. The third kappa shape index (κ3) is 3.31. The average molecular weight is 323 g/mol. The maximum absolute atomic E-state index is 12.6. The number of sulfonamides is 1. The second-order valence-corrected chi connectivity index (χ2v) is 7.92. The van der Waals surface area contributed by atoms with Crippen LogP contribution in [0.25, 0.3) is 0 Å². The predicted molar refractivity (Wildman–Crippen MR) is 83.2 cm³/mol. The maximum Gasteiger partial charge on any atom is 0.251 e. The van der Waals surface area contributed by atoms with E-state index >= 15 is 0 Å². The van der Waals surface area contributed by atoms with Gasteiger partial charge in [0.05, 0.1) is 4.90 Å². The number of rotatable bonds is 4. The highest BCUT2D eigenvalue weighted by atomic mass is 32.2. The minimum absolute atomic E-state index is 0.133. The molecule has 0 radical (unpaired) electrons. The Morgan fingerprint density at radius 3 is 2.23 bits per heavy atom. The van der Waals surface area contributed by atoms with E-state index in [1.165, 1.54) is 16.4 Å². The number of hydrogen-bond donors (Lipinski definition) is 1. The fraction of sp³-hybridized carbons (Fsp3) is 0.533. The number of piperazine rings is 1. The zero-order chi connectivity index (χ0) is 15.7. The Morgan fingerprint density at radius 1 is 1.09 bits per heavy atom. The van der Waals surface area contributed by atoms with Crippen LogP contribution in [0.1, 0.15) is 23.2 Å². The molecule has 1 aromatic rings. The van der Waals surface area contributed by atoms with Crippen molar-refractivity contribution in [3.05, 3.63) is 29.8 Å². The number of nitrogens with zero attached hydrogens (tertiary/aromatic N) is 2. The first-order valence-electron chi connectivity index (χ1n) is 7.56. The van der Waals surface area contributed by atoms with E-state index in [1.54, 1.807) is 12.1 Å². The van der Waals surface area contributed by atoms with Gasteiger partial charge < -0.3 is 10.2 Å². The van der Waals surface area contributed by atoms with Crippen molar-refractivity contribution < 1.29 is 13.2 Å². The smallest absolute Gasteiger partial charge is 0.251 e. The zero-order valence-corrected chi connectivity index (χ0v) is 13.5. The van der Waals surface area contributed by atoms with Crippen molar-refractivity contribution in [2.24, 2.45) is 0 Å². The van der Waals surface area contributed by atoms with Gasteiger partial charge >= 0.3 is 0 Å². The van der Waals surface area contributed by atoms with Gasteiger partial charge in [-0.1, -0.05) is 0 Å². The van der Waals surface area contributed by atoms with Crippen LogP contribution in [0.3, 0.4) is 0 Å². The van der Waals surface area contributed by atoms with Gasteiger partial charge in [0.15, 0.2) is 0 Å². The molecular formula is C15H21N3O3S. The molecule has 0 spiro atoms. The summed E-state index contributed by atoms with van der Waals surface area (Å²) in [5, 5.41) is 2.89. The lowest BCUT2D eigenvalue weighted by molar-refractivity contribution is 0.0951. The molecule has 7 heteroatoms. The minimum Gasteiger partial charge on any atom is -0.349 e. The molecule has 1 aliphatic carbocycles. The molecule has 22 heavy (non-hydrogen) atoms. The molecule has 3 rings (SSSR count). The zero-order valence-electron chi connectivity index (χ0n) is 12.7. The van der Waals surface area contributed by atoms with Crippen molar-refractivity contribution in [2.75, 3.05) is 33.2 Å². The molecule has 0 unspecified atom stereocenters. The van der Waals surface area contributed by atoms with Gasteiger partial charge in [0.25, 0.3) is 5.91 Å². The van der Waals surface area contributed by atoms with Gasteiger partial charge in [-0.25, -0.2) is 8.42 Å². The van der Waals surface area contributed by atoms with Crippen LogP contribution in [-0.4, -0.2) is 62.8 Å². The minimum atomic E-state index is -3.46. The van der Waals surface area contributed by atoms with E-state index in [0.29, 0.717) is 24.7 Å². The molecule has 1 saturated heterocycles. The van der Waals surface area contributed by atoms with Crippen LogP contribution in [-0.2, 0) is 10.0 Å². The molecule has 1 heterocycles. The van der Waals surface area contributed by atoms with E-state index in [0.717, 1.165) is 25.9 Å². The van der Waals surface area contributed by atoms with Crippen molar-refractivity contribution >= 4 is 15.9 Å². The molecule has 6 nitrogen and oxygen atoms in total. The molecule has 1 aromatic carbocycles. The molecule has 0 aromatic heterocycles. The van der Waals surface area contributed by atoms with Crippen LogP contribution in [0.4, 0.5) is 0 Å². The standard InChI is InChI=1S/C15H21N3O3S/c1-17-8-10-18(11-9-17)22(20,21)14-6-2-12(3-7-14)15(19)16-13-4-5-13/h2-3,6-7,13H,4-5,8-11H2,1H3,(H,16,19). The van der Waals surface area contributed by atoms with Crippen molar-refractivity contribution in [3.63, 3.8) is 0 Å². The van der Waals surface area contributed by atoms with Gasteiger partial charge in [0.1, 0.15) is 0 Å². The molecule has 1 saturated carbocycles. The molecular weight excluding hydrogens is 302 g/mol. The Morgan fingerprint density at radius 2 is 1.68 bits per heavy atom. The lowest BCUT2D eigenvalue weighted by Crippen LogP contribution is -2.47. The van der Waals surface area contributed by atoms with Crippen LogP contribution < -0.4 is 5.32 Å². The third-order valence-corrected chi connectivity index (χ3v) is 6.04. The van der Waals surface area contributed by atoms with Crippen LogP contribution in [0.5, 0.6) is 0 Å². The normalized spacial score (nSPS) is 20.8. The van der Waals surface area contributed by atoms with Gasteiger partial charge in [-0.3, -0.25) is 4.79 Å². The van der Waals surface area contributed by atoms with Gasteiger partial charge in [-0.2, -0.15) is 4.31 Å². The van der Waals surface area contributed by atoms with E-state index in [4.69, 9.17) is 0 Å². The summed E-state index contributed by atoms with van der Waals surface area (Å²) in [5.74, 6) is -0.133. The van der Waals surface area contributed by atoms with Crippen molar-refractivity contribution in [1.29, 1.82) is 0 Å². The number of benzene rings is 1. The second-order valence-electron chi connectivity index (χ2n) is 5.98. The Kier molecular flexibility index (Phi) is 4.20. The SMILES string of the molecule is CN1CCN(S(=O)(=O)c2ccc(C(=O)NC3CC3)cc2)CC1. The summed E-state index contributed by atoms with van der Waals surface area (Å²) in [7, 11) is -1.48. The Hall–Kier alpha value is -1.44. The fourth-order valence-electron chi connectivity index (χ4n) is 2.45. The van der Waals surface area contributed by atoms with Crippen molar-refractivity contribution in [1.82, 2.24) is 14.5 Å². The Bertz CT molecular complexity index is 645. The van der Waals surface area contributed by atoms with E-state index in [1.807, 2.05) is 7.05 Å². The first kappa shape index (κ1) is 15.5. The van der Waals surface area contributed by atoms with Gasteiger partial charge in [0.2, 0.25) is 10.0 Å². The molecule has 1 N–H and O–H groups in total. The van der Waals surface area contributed by atoms with Crippen LogP contribution in [0.2, 0.25) is 0 Å². The van der Waals surface area contributed by atoms with Crippen molar-refractivity contribution in [3.8, 4) is 0 Å². The molecule has 1 aliphatic heterocycles. The lowest BCUT2D eigenvalue weighted by atomic mass is 10.2. The number of hydrogen-bond acceptors (Lipinski definition) is 4. The van der Waals surface area contributed by atoms with Crippen LogP contribution >= 0.6 is 0 Å². The summed E-state index contributed by atoms with van der Waals surface area (Å²) in [5.41, 5.74) is 0.504. The number of nitrogens with one attached hydrogen (secondary N) is 1. The highest BCUT2D eigenvalue weighted by Gasteiger charge is 2.28. The highest BCUT2D eigenvalue weighted by Crippen LogP contribution is 2.21. The summed E-state index contributed by atoms with van der Waals surface area (Å²) in [6, 6.07) is 6.51. The first-order valence-corrected chi connectivity index (χ1v) is 9.00. The molecule has 2 aliphatic rings. The van der Waals surface area contributed by atoms with Gasteiger partial charge in [-0.15, -0.1) is 0 Å². The molecule has 1 amide bonds. The predicted octanol–water partition coefficient (Wildman–Crippen LogP) is 0.515. The van der Waals surface area contributed by atoms with Crippen molar-refractivity contribution in [2.45, 2.75) is 23.8 Å². The van der Waals surface area contributed by atoms with E-state index in [-0.39, 0.29) is 10.8 Å². The summed E-state index contributed by atoms with van der Waals surface area (Å²) in [6.07, 6.45) is 2.06. The number of likely N-dealkylation sites (N-methyl/N-ethyl adjacent to an activating group) is 1. The number of carbonyl (C=O) groups excluding carboxylic acids is 1. The quantitative estimate of drug-likeness (QED) is 0.877. The van der Waals surface area contributed by atoms with E-state index in [9.17, 15) is 13.2 Å². The molecule has 2 fully saturated rings. The summed E-state index contributed by atoms with van der Waals surface area (Å²) in [6.45, 7) is 2.48. The third-order valence-electron chi connectivity index (χ3n) is 4.13. The highest BCUT2D eigenvalue weighted by molar-refractivity contribution is 7.89. The molecule has 0 atom stereocenters. The average Bonchev–Trinajstić information content (AvgIpc) is 3.32. The maximum atomic E-state index is 12.6. The van der Waals surface area contributed by atoms with E-state index < -0.39 is 10.0 Å². The van der Waals surface area contributed by atoms with Crippen LogP contribution in [0, 0.1) is 0 Å². The van der Waals surface area contributed by atoms with Gasteiger partial charge in [-0.05, 0) is 44.2 Å². The number of carbonyl (C=O) groups is 1. The molecule has 0 bridgehead atoms. The first-order chi connectivity index (χ1) is 10.5. The lowest BCUT2D eigenvalue weighted by Gasteiger charge is -2.31. The Balaban J connectivity index is 1.72. The fourth-order valence-corrected chi connectivity index (χ4v) is 3.87. The Labute approximate surface area is 131 Å². The second kappa shape index (κ2) is 5.98. The topological polar surface area (TPSA) is 69.7 Å². The van der Waals surface area contributed by atoms with E-state index in [2.05, 4.69) is 10.2 Å². The summed E-state index contributed by atoms with van der Waals surface area (Å²) >= 11 is 0. The molecule has 120 valence electrons. The number of amides is 1. The summed E-state index contributed by atoms with van der Waals surface area (Å²) < 4.78 is 26.6. The van der Waals surface area contributed by atoms with Gasteiger partial charge in [0, 0.05) is 37.8 Å². The largest absolute Gasteiger partial charge is 0.349 e. The summed E-state index contributed by atoms with van der Waals surface area (Å²) in [4.78, 5) is 14.3.